The molecule has 0 spiro atoms. The van der Waals surface area contributed by atoms with Crippen molar-refractivity contribution in [1.82, 2.24) is 4.98 Å². The van der Waals surface area contributed by atoms with Crippen LogP contribution in [0.4, 0.5) is 0 Å². The Balaban J connectivity index is 1.55. The third-order valence-corrected chi connectivity index (χ3v) is 9.36. The summed E-state index contributed by atoms with van der Waals surface area (Å²) in [6.45, 7) is 0. The normalized spacial score (nSPS) is 14.1. The minimum absolute atomic E-state index is 0.215. The summed E-state index contributed by atoms with van der Waals surface area (Å²) in [6, 6.07) is 45.9. The summed E-state index contributed by atoms with van der Waals surface area (Å²) >= 11 is 0. The van der Waals surface area contributed by atoms with E-state index in [1.165, 1.54) is 0 Å². The first-order chi connectivity index (χ1) is 19.3. The van der Waals surface area contributed by atoms with E-state index < -0.39 is 7.21 Å². The van der Waals surface area contributed by atoms with Gasteiger partial charge in [-0.3, -0.25) is 0 Å². The van der Waals surface area contributed by atoms with Crippen molar-refractivity contribution < 1.29 is 4.74 Å². The first-order valence-corrected chi connectivity index (χ1v) is 14.2. The van der Waals surface area contributed by atoms with Gasteiger partial charge in [-0.1, -0.05) is 121 Å². The number of pyridine rings is 1. The Morgan fingerprint density at radius 2 is 1.13 bits per heavy atom. The molecule has 0 aliphatic carbocycles. The zero-order valence-electron chi connectivity index (χ0n) is 20.9. The van der Waals surface area contributed by atoms with Gasteiger partial charge in [-0.05, 0) is 11.6 Å². The van der Waals surface area contributed by atoms with Gasteiger partial charge in [0.2, 0.25) is 11.8 Å². The molecule has 5 aromatic rings. The summed E-state index contributed by atoms with van der Waals surface area (Å²) < 4.78 is 16.8. The zero-order chi connectivity index (χ0) is 26.5. The number of benzene rings is 4. The van der Waals surface area contributed by atoms with Crippen molar-refractivity contribution in [2.45, 2.75) is 0 Å². The number of ether oxygens (including phenoxy) is 1. The topological polar surface area (TPSA) is 70.6 Å². The lowest BCUT2D eigenvalue weighted by atomic mass is 10.0. The van der Waals surface area contributed by atoms with Crippen LogP contribution in [0.1, 0.15) is 5.56 Å². The molecule has 0 fully saturated rings. The predicted molar refractivity (Wildman–Crippen MR) is 157 cm³/mol. The van der Waals surface area contributed by atoms with E-state index >= 15 is 0 Å². The van der Waals surface area contributed by atoms with Crippen LogP contribution < -0.4 is 15.3 Å². The average Bonchev–Trinajstić information content (AvgIpc) is 3.03. The molecule has 0 radical (unpaired) electrons. The van der Waals surface area contributed by atoms with E-state index in [-0.39, 0.29) is 11.5 Å². The summed E-state index contributed by atoms with van der Waals surface area (Å²) in [7, 11) is -2.77. The highest BCUT2D eigenvalue weighted by Crippen LogP contribution is 2.53. The fourth-order valence-electron chi connectivity index (χ4n) is 4.46. The molecule has 0 saturated carbocycles. The number of rotatable bonds is 6. The van der Waals surface area contributed by atoms with Gasteiger partial charge in [0.05, 0.1) is 5.71 Å². The Labute approximate surface area is 227 Å². The third kappa shape index (κ3) is 4.82. The van der Waals surface area contributed by atoms with Gasteiger partial charge in [-0.2, -0.15) is 10.0 Å². The molecule has 5 nitrogen and oxygen atoms in total. The Morgan fingerprint density at radius 1 is 0.590 bits per heavy atom. The van der Waals surface area contributed by atoms with Gasteiger partial charge in [0.1, 0.15) is 18.8 Å². The van der Waals surface area contributed by atoms with Crippen molar-refractivity contribution in [3.8, 4) is 23.1 Å². The second-order valence-corrected chi connectivity index (χ2v) is 11.5. The van der Waals surface area contributed by atoms with Crippen LogP contribution >= 0.6 is 7.21 Å². The summed E-state index contributed by atoms with van der Waals surface area (Å²) in [5.74, 6) is 0.571. The smallest absolute Gasteiger partial charge is 0.242 e. The molecule has 0 bridgehead atoms. The largest absolute Gasteiger partial charge is 0.419 e. The number of hydrogen-bond acceptors (Lipinski definition) is 5. The zero-order valence-corrected chi connectivity index (χ0v) is 21.8. The number of nitrogens with zero attached hydrogens (tertiary/aromatic N) is 4. The monoisotopic (exact) mass is 522 g/mol. The Kier molecular flexibility index (Phi) is 6.70. The van der Waals surface area contributed by atoms with Gasteiger partial charge in [0, 0.05) is 34.0 Å². The van der Waals surface area contributed by atoms with Crippen molar-refractivity contribution in [2.24, 2.45) is 9.51 Å². The van der Waals surface area contributed by atoms with E-state index in [4.69, 9.17) is 14.2 Å². The second kappa shape index (κ2) is 10.8. The standard InChI is InChI=1S/C33H23N4OP/c34-23-30-32(26-15-7-2-8-16-26)36-39(28-17-9-3-10-18-28,29-19-11-4-12-20-29)37-33(30)38-31-22-21-27(24-35-31)25-13-5-1-6-14-25/h1-22,24H. The highest BCUT2D eigenvalue weighted by molar-refractivity contribution is 7.80. The lowest BCUT2D eigenvalue weighted by Gasteiger charge is -2.27. The molecule has 0 unspecified atom stereocenters. The lowest BCUT2D eigenvalue weighted by molar-refractivity contribution is 0.404. The molecule has 0 saturated heterocycles. The van der Waals surface area contributed by atoms with E-state index in [2.05, 4.69) is 11.1 Å². The van der Waals surface area contributed by atoms with E-state index in [1.54, 1.807) is 12.3 Å². The molecule has 6 rings (SSSR count). The molecule has 2 heterocycles. The SMILES string of the molecule is N#CC1=C(Oc2ccc(-c3ccccc3)cn2)N=P(c2ccccc2)(c2ccccc2)N=C1c1ccccc1. The van der Waals surface area contributed by atoms with Gasteiger partial charge in [0.25, 0.3) is 0 Å². The van der Waals surface area contributed by atoms with Crippen molar-refractivity contribution in [3.63, 3.8) is 0 Å². The fourth-order valence-corrected chi connectivity index (χ4v) is 7.35. The number of allylic oxidation sites excluding steroid dienone is 1. The Morgan fingerprint density at radius 3 is 1.64 bits per heavy atom. The predicted octanol–water partition coefficient (Wildman–Crippen LogP) is 7.13. The molecule has 0 N–H and O–H groups in total. The van der Waals surface area contributed by atoms with Gasteiger partial charge in [-0.15, -0.1) is 0 Å². The molecule has 1 aromatic heterocycles. The highest BCUT2D eigenvalue weighted by Gasteiger charge is 2.33. The lowest BCUT2D eigenvalue weighted by Crippen LogP contribution is -2.22. The van der Waals surface area contributed by atoms with Gasteiger partial charge < -0.3 is 4.74 Å². The molecule has 39 heavy (non-hydrogen) atoms. The van der Waals surface area contributed by atoms with Gasteiger partial charge in [-0.25, -0.2) is 9.75 Å². The molecule has 6 heteroatoms. The van der Waals surface area contributed by atoms with Crippen LogP contribution in [-0.2, 0) is 0 Å². The van der Waals surface area contributed by atoms with Crippen molar-refractivity contribution in [3.05, 3.63) is 157 Å². The summed E-state index contributed by atoms with van der Waals surface area (Å²) in [5, 5.41) is 12.3. The molecule has 1 aliphatic heterocycles. The highest BCUT2D eigenvalue weighted by atomic mass is 31.2. The van der Waals surface area contributed by atoms with Crippen LogP contribution in [0.25, 0.3) is 11.1 Å². The molecular formula is C33H23N4OP. The van der Waals surface area contributed by atoms with Crippen molar-refractivity contribution in [2.75, 3.05) is 0 Å². The summed E-state index contributed by atoms with van der Waals surface area (Å²) in [5.41, 5.74) is 3.70. The quantitative estimate of drug-likeness (QED) is 0.223. The molecular weight excluding hydrogens is 499 g/mol. The molecule has 0 atom stereocenters. The molecule has 1 aliphatic rings. The molecule has 4 aromatic carbocycles. The number of hydrogen-bond donors (Lipinski definition) is 0. The van der Waals surface area contributed by atoms with Crippen molar-refractivity contribution >= 4 is 23.5 Å². The maximum Gasteiger partial charge on any atom is 0.242 e. The first-order valence-electron chi connectivity index (χ1n) is 12.5. The second-order valence-electron chi connectivity index (χ2n) is 8.83. The minimum Gasteiger partial charge on any atom is -0.419 e. The molecule has 186 valence electrons. The van der Waals surface area contributed by atoms with E-state index in [1.807, 2.05) is 127 Å². The van der Waals surface area contributed by atoms with E-state index in [9.17, 15) is 5.26 Å². The maximum atomic E-state index is 10.3. The van der Waals surface area contributed by atoms with Crippen LogP contribution in [0.3, 0.4) is 0 Å². The third-order valence-electron chi connectivity index (χ3n) is 6.37. The van der Waals surface area contributed by atoms with Crippen LogP contribution in [0.15, 0.2) is 161 Å². The summed E-state index contributed by atoms with van der Waals surface area (Å²) in [4.78, 5) is 4.56. The average molecular weight is 523 g/mol. The number of aromatic nitrogens is 1. The fraction of sp³-hybridized carbons (Fsp3) is 0. The molecule has 0 amide bonds. The van der Waals surface area contributed by atoms with Gasteiger partial charge in [0.15, 0.2) is 0 Å². The summed E-state index contributed by atoms with van der Waals surface area (Å²) in [6.07, 6.45) is 1.77. The van der Waals surface area contributed by atoms with E-state index in [0.29, 0.717) is 11.6 Å². The van der Waals surface area contributed by atoms with Gasteiger partial charge >= 0.3 is 0 Å². The first kappa shape index (κ1) is 24.3. The minimum atomic E-state index is -2.77. The number of nitriles is 1. The van der Waals surface area contributed by atoms with Crippen LogP contribution in [0, 0.1) is 11.3 Å². The van der Waals surface area contributed by atoms with Crippen LogP contribution in [0.5, 0.6) is 5.88 Å². The van der Waals surface area contributed by atoms with Crippen molar-refractivity contribution in [1.29, 1.82) is 5.26 Å². The maximum absolute atomic E-state index is 10.3. The van der Waals surface area contributed by atoms with Crippen LogP contribution in [-0.4, -0.2) is 10.7 Å². The Hall–Kier alpha value is -5.04. The van der Waals surface area contributed by atoms with E-state index in [0.717, 1.165) is 27.3 Å². The van der Waals surface area contributed by atoms with Crippen LogP contribution in [0.2, 0.25) is 0 Å². The Bertz CT molecular complexity index is 1720.